The molecule has 0 fully saturated rings. The van der Waals surface area contributed by atoms with E-state index in [0.717, 1.165) is 24.1 Å². The molecule has 0 aromatic heterocycles. The van der Waals surface area contributed by atoms with E-state index in [1.165, 1.54) is 13.0 Å². The first-order valence-corrected chi connectivity index (χ1v) is 10.2. The van der Waals surface area contributed by atoms with Crippen molar-refractivity contribution < 1.29 is 17.9 Å². The van der Waals surface area contributed by atoms with Crippen molar-refractivity contribution in [2.24, 2.45) is 0 Å². The Labute approximate surface area is 159 Å². The molecule has 0 saturated heterocycles. The third kappa shape index (κ3) is 4.31. The van der Waals surface area contributed by atoms with Crippen molar-refractivity contribution in [1.82, 2.24) is 0 Å². The number of carbonyl (C=O) groups is 1. The van der Waals surface area contributed by atoms with Gasteiger partial charge in [0.15, 0.2) is 0 Å². The van der Waals surface area contributed by atoms with Gasteiger partial charge in [0.05, 0.1) is 4.90 Å². The van der Waals surface area contributed by atoms with Crippen LogP contribution in [0.3, 0.4) is 0 Å². The largest absolute Gasteiger partial charge is 0.490 e. The highest BCUT2D eigenvalue weighted by Crippen LogP contribution is 2.30. The number of hydrogen-bond donors (Lipinski definition) is 1. The number of nitrogens with zero attached hydrogens (tertiary/aromatic N) is 1. The van der Waals surface area contributed by atoms with E-state index in [2.05, 4.69) is 11.3 Å². The quantitative estimate of drug-likeness (QED) is 0.773. The average Bonchev–Trinajstić information content (AvgIpc) is 2.66. The molecule has 1 N–H and O–H groups in total. The molecule has 2 aromatic carbocycles. The van der Waals surface area contributed by atoms with Crippen LogP contribution in [-0.4, -0.2) is 27.5 Å². The van der Waals surface area contributed by atoms with Crippen LogP contribution in [0.4, 0.5) is 11.4 Å². The third-order valence-corrected chi connectivity index (χ3v) is 5.71. The van der Waals surface area contributed by atoms with E-state index < -0.39 is 10.0 Å². The van der Waals surface area contributed by atoms with Gasteiger partial charge in [0.1, 0.15) is 12.4 Å². The van der Waals surface area contributed by atoms with Crippen molar-refractivity contribution in [2.45, 2.75) is 24.7 Å². The van der Waals surface area contributed by atoms with Crippen LogP contribution in [0, 0.1) is 0 Å². The van der Waals surface area contributed by atoms with Gasteiger partial charge in [-0.05, 0) is 60.9 Å². The first-order valence-electron chi connectivity index (χ1n) is 8.68. The Morgan fingerprint density at radius 2 is 2.00 bits per heavy atom. The van der Waals surface area contributed by atoms with Crippen LogP contribution in [-0.2, 0) is 21.2 Å². The van der Waals surface area contributed by atoms with Gasteiger partial charge in [-0.3, -0.25) is 9.52 Å². The van der Waals surface area contributed by atoms with Crippen molar-refractivity contribution in [3.05, 3.63) is 60.7 Å². The van der Waals surface area contributed by atoms with Crippen LogP contribution >= 0.6 is 0 Å². The molecule has 142 valence electrons. The Balaban J connectivity index is 1.81. The summed E-state index contributed by atoms with van der Waals surface area (Å²) in [5, 5.41) is 0. The predicted octanol–water partition coefficient (Wildman–Crippen LogP) is 3.35. The van der Waals surface area contributed by atoms with Gasteiger partial charge in [-0.25, -0.2) is 8.42 Å². The zero-order chi connectivity index (χ0) is 19.4. The molecule has 6 nitrogen and oxygen atoms in total. The first kappa shape index (κ1) is 19.0. The van der Waals surface area contributed by atoms with E-state index in [9.17, 15) is 13.2 Å². The molecule has 0 atom stereocenters. The normalized spacial score (nSPS) is 13.6. The molecule has 0 bridgehead atoms. The van der Waals surface area contributed by atoms with E-state index in [1.54, 1.807) is 47.4 Å². The average molecular weight is 386 g/mol. The standard InChI is InChI=1S/C20H22N2O4S/c1-3-13-26-18-8-6-17(7-9-18)21-27(24,25)19-10-11-20-16(14-19)5-4-12-22(20)15(2)23/h3,6-11,14,21H,1,4-5,12-13H2,2H3. The zero-order valence-electron chi connectivity index (χ0n) is 15.1. The fraction of sp³-hybridized carbons (Fsp3) is 0.250. The van der Waals surface area contributed by atoms with E-state index in [-0.39, 0.29) is 10.8 Å². The van der Waals surface area contributed by atoms with E-state index in [1.807, 2.05) is 0 Å². The van der Waals surface area contributed by atoms with Crippen molar-refractivity contribution in [3.8, 4) is 5.75 Å². The summed E-state index contributed by atoms with van der Waals surface area (Å²) < 4.78 is 33.4. The van der Waals surface area contributed by atoms with Gasteiger partial charge in [0, 0.05) is 24.8 Å². The molecule has 1 aliphatic rings. The molecule has 0 aliphatic carbocycles. The Kier molecular flexibility index (Phi) is 5.51. The lowest BCUT2D eigenvalue weighted by molar-refractivity contribution is -0.116. The molecule has 0 spiro atoms. The van der Waals surface area contributed by atoms with Gasteiger partial charge in [-0.2, -0.15) is 0 Å². The van der Waals surface area contributed by atoms with E-state index in [4.69, 9.17) is 4.74 Å². The van der Waals surface area contributed by atoms with E-state index in [0.29, 0.717) is 24.6 Å². The number of hydrogen-bond acceptors (Lipinski definition) is 4. The highest BCUT2D eigenvalue weighted by atomic mass is 32.2. The minimum absolute atomic E-state index is 0.0385. The highest BCUT2D eigenvalue weighted by Gasteiger charge is 2.23. The molecule has 3 rings (SSSR count). The van der Waals surface area contributed by atoms with Crippen LogP contribution in [0.5, 0.6) is 5.75 Å². The summed E-state index contributed by atoms with van der Waals surface area (Å²) in [6, 6.07) is 11.6. The van der Waals surface area contributed by atoms with Gasteiger partial charge in [0.2, 0.25) is 5.91 Å². The monoisotopic (exact) mass is 386 g/mol. The second kappa shape index (κ2) is 7.84. The summed E-state index contributed by atoms with van der Waals surface area (Å²) >= 11 is 0. The van der Waals surface area contributed by atoms with Gasteiger partial charge < -0.3 is 9.64 Å². The Morgan fingerprint density at radius 1 is 1.26 bits per heavy atom. The molecular formula is C20H22N2O4S. The van der Waals surface area contributed by atoms with Gasteiger partial charge in [-0.1, -0.05) is 12.7 Å². The summed E-state index contributed by atoms with van der Waals surface area (Å²) in [6.07, 6.45) is 3.20. The Bertz CT molecular complexity index is 952. The molecular weight excluding hydrogens is 364 g/mol. The molecule has 0 unspecified atom stereocenters. The number of rotatable bonds is 6. The minimum atomic E-state index is -3.72. The first-order chi connectivity index (χ1) is 12.9. The Hall–Kier alpha value is -2.80. The number of fused-ring (bicyclic) bond motifs is 1. The zero-order valence-corrected chi connectivity index (χ0v) is 16.0. The second-order valence-corrected chi connectivity index (χ2v) is 7.98. The summed E-state index contributed by atoms with van der Waals surface area (Å²) in [5.74, 6) is 0.597. The molecule has 2 aromatic rings. The topological polar surface area (TPSA) is 75.7 Å². The maximum atomic E-state index is 12.7. The summed E-state index contributed by atoms with van der Waals surface area (Å²) in [7, 11) is -3.72. The highest BCUT2D eigenvalue weighted by molar-refractivity contribution is 7.92. The lowest BCUT2D eigenvalue weighted by Crippen LogP contribution is -2.33. The molecule has 0 saturated carbocycles. The number of ether oxygens (including phenoxy) is 1. The maximum Gasteiger partial charge on any atom is 0.261 e. The summed E-state index contributed by atoms with van der Waals surface area (Å²) in [5.41, 5.74) is 2.10. The Morgan fingerprint density at radius 3 is 2.67 bits per heavy atom. The molecule has 1 aliphatic heterocycles. The number of benzene rings is 2. The number of carbonyl (C=O) groups excluding carboxylic acids is 1. The molecule has 7 heteroatoms. The number of nitrogens with one attached hydrogen (secondary N) is 1. The smallest absolute Gasteiger partial charge is 0.261 e. The maximum absolute atomic E-state index is 12.7. The predicted molar refractivity (Wildman–Crippen MR) is 106 cm³/mol. The van der Waals surface area contributed by atoms with Crippen LogP contribution in [0.25, 0.3) is 0 Å². The summed E-state index contributed by atoms with van der Waals surface area (Å²) in [4.78, 5) is 13.6. The van der Waals surface area contributed by atoms with Crippen molar-refractivity contribution in [3.63, 3.8) is 0 Å². The number of anilines is 2. The van der Waals surface area contributed by atoms with Crippen molar-refractivity contribution >= 4 is 27.3 Å². The van der Waals surface area contributed by atoms with Gasteiger partial charge in [-0.15, -0.1) is 0 Å². The van der Waals surface area contributed by atoms with Crippen LogP contribution in [0.2, 0.25) is 0 Å². The van der Waals surface area contributed by atoms with Crippen molar-refractivity contribution in [2.75, 3.05) is 22.8 Å². The molecule has 1 heterocycles. The van der Waals surface area contributed by atoms with Crippen LogP contribution in [0.1, 0.15) is 18.9 Å². The van der Waals surface area contributed by atoms with E-state index >= 15 is 0 Å². The fourth-order valence-corrected chi connectivity index (χ4v) is 4.17. The molecule has 0 radical (unpaired) electrons. The van der Waals surface area contributed by atoms with Crippen LogP contribution < -0.4 is 14.4 Å². The lowest BCUT2D eigenvalue weighted by atomic mass is 10.0. The van der Waals surface area contributed by atoms with Crippen LogP contribution in [0.15, 0.2) is 60.0 Å². The number of amides is 1. The molecule has 27 heavy (non-hydrogen) atoms. The number of sulfonamides is 1. The number of aryl methyl sites for hydroxylation is 1. The SMILES string of the molecule is C=CCOc1ccc(NS(=O)(=O)c2ccc3c(c2)CCCN3C(C)=O)cc1. The third-order valence-electron chi connectivity index (χ3n) is 4.33. The fourth-order valence-electron chi connectivity index (χ4n) is 3.06. The lowest BCUT2D eigenvalue weighted by Gasteiger charge is -2.28. The minimum Gasteiger partial charge on any atom is -0.490 e. The summed E-state index contributed by atoms with van der Waals surface area (Å²) in [6.45, 7) is 6.15. The van der Waals surface area contributed by atoms with Crippen molar-refractivity contribution in [1.29, 1.82) is 0 Å². The second-order valence-electron chi connectivity index (χ2n) is 6.29. The molecule has 1 amide bonds. The van der Waals surface area contributed by atoms with Gasteiger partial charge in [0.25, 0.3) is 10.0 Å². The van der Waals surface area contributed by atoms with Gasteiger partial charge >= 0.3 is 0 Å².